The van der Waals surface area contributed by atoms with Crippen molar-refractivity contribution in [1.82, 2.24) is 19.8 Å². The van der Waals surface area contributed by atoms with Gasteiger partial charge in [0.05, 0.1) is 0 Å². The number of hydrogen-bond acceptors (Lipinski definition) is 5. The molecule has 6 heteroatoms. The Morgan fingerprint density at radius 1 is 1.55 bits per heavy atom. The molecule has 2 aromatic heterocycles. The van der Waals surface area contributed by atoms with Crippen LogP contribution in [0.1, 0.15) is 5.82 Å². The first kappa shape index (κ1) is 6.68. The molecule has 11 heavy (non-hydrogen) atoms. The van der Waals surface area contributed by atoms with Crippen molar-refractivity contribution in [1.29, 1.82) is 0 Å². The summed E-state index contributed by atoms with van der Waals surface area (Å²) in [6.07, 6.45) is 0.727. The smallest absolute Gasteiger partial charge is 0.234 e. The summed E-state index contributed by atoms with van der Waals surface area (Å²) in [5, 5.41) is 11.9. The van der Waals surface area contributed by atoms with Gasteiger partial charge in [-0.3, -0.25) is 0 Å². The molecule has 0 aliphatic rings. The lowest BCUT2D eigenvalue weighted by molar-refractivity contribution is 0.799. The number of nitrogens with two attached hydrogens (primary N) is 1. The third kappa shape index (κ3) is 0.997. The molecule has 5 nitrogen and oxygen atoms in total. The maximum absolute atomic E-state index is 5.37. The molecule has 0 aliphatic heterocycles. The van der Waals surface area contributed by atoms with Crippen LogP contribution >= 0.6 is 11.3 Å². The molecule has 0 radical (unpaired) electrons. The maximum Gasteiger partial charge on any atom is 0.234 e. The zero-order valence-electron chi connectivity index (χ0n) is 5.77. The van der Waals surface area contributed by atoms with Crippen molar-refractivity contribution in [3.8, 4) is 0 Å². The normalized spacial score (nSPS) is 11.0. The quantitative estimate of drug-likeness (QED) is 0.669. The fourth-order valence-electron chi connectivity index (χ4n) is 0.888. The molecule has 0 atom stereocenters. The van der Waals surface area contributed by atoms with Gasteiger partial charge in [0.25, 0.3) is 0 Å². The lowest BCUT2D eigenvalue weighted by Crippen LogP contribution is -2.06. The van der Waals surface area contributed by atoms with Crippen LogP contribution in [0.4, 0.5) is 0 Å². The zero-order valence-corrected chi connectivity index (χ0v) is 6.58. The van der Waals surface area contributed by atoms with Crippen LogP contribution in [-0.2, 0) is 6.42 Å². The Labute approximate surface area is 66.9 Å². The summed E-state index contributed by atoms with van der Waals surface area (Å²) in [4.78, 5) is 0.827. The second kappa shape index (κ2) is 2.55. The van der Waals surface area contributed by atoms with Crippen molar-refractivity contribution >= 4 is 16.3 Å². The van der Waals surface area contributed by atoms with Crippen LogP contribution in [-0.4, -0.2) is 26.4 Å². The predicted octanol–water partition coefficient (Wildman–Crippen LogP) is -0.313. The van der Waals surface area contributed by atoms with Gasteiger partial charge in [-0.25, -0.2) is 0 Å². The van der Waals surface area contributed by atoms with Crippen LogP contribution in [0.2, 0.25) is 0 Å². The van der Waals surface area contributed by atoms with Crippen molar-refractivity contribution in [3.63, 3.8) is 0 Å². The molecule has 0 aliphatic carbocycles. The fourth-order valence-corrected chi connectivity index (χ4v) is 1.46. The highest BCUT2D eigenvalue weighted by atomic mass is 32.1. The summed E-state index contributed by atoms with van der Waals surface area (Å²) in [7, 11) is 0. The molecular weight excluding hydrogens is 162 g/mol. The molecule has 2 heterocycles. The largest absolute Gasteiger partial charge is 0.330 e. The van der Waals surface area contributed by atoms with Crippen LogP contribution in [0.5, 0.6) is 0 Å². The Morgan fingerprint density at radius 2 is 2.45 bits per heavy atom. The van der Waals surface area contributed by atoms with E-state index >= 15 is 0 Å². The van der Waals surface area contributed by atoms with E-state index in [4.69, 9.17) is 5.73 Å². The molecule has 0 unspecified atom stereocenters. The molecule has 0 amide bonds. The fraction of sp³-hybridized carbons (Fsp3) is 0.400. The predicted molar refractivity (Wildman–Crippen MR) is 41.4 cm³/mol. The van der Waals surface area contributed by atoms with E-state index in [9.17, 15) is 0 Å². The van der Waals surface area contributed by atoms with Crippen molar-refractivity contribution in [3.05, 3.63) is 11.3 Å². The van der Waals surface area contributed by atoms with E-state index in [1.54, 1.807) is 10.0 Å². The van der Waals surface area contributed by atoms with Crippen LogP contribution in [0, 0.1) is 0 Å². The van der Waals surface area contributed by atoms with Gasteiger partial charge in [-0.2, -0.15) is 9.61 Å². The highest BCUT2D eigenvalue weighted by Crippen LogP contribution is 2.06. The van der Waals surface area contributed by atoms with E-state index in [-0.39, 0.29) is 0 Å². The Kier molecular flexibility index (Phi) is 1.55. The van der Waals surface area contributed by atoms with E-state index in [1.165, 1.54) is 11.3 Å². The van der Waals surface area contributed by atoms with Gasteiger partial charge in [-0.05, 0) is 6.54 Å². The highest BCUT2D eigenvalue weighted by molar-refractivity contribution is 7.14. The Bertz CT molecular complexity index is 350. The molecule has 0 saturated heterocycles. The average molecular weight is 169 g/mol. The van der Waals surface area contributed by atoms with Gasteiger partial charge in [-0.15, -0.1) is 10.2 Å². The molecule has 0 saturated carbocycles. The van der Waals surface area contributed by atoms with Crippen LogP contribution in [0.3, 0.4) is 0 Å². The number of rotatable bonds is 2. The van der Waals surface area contributed by atoms with Crippen LogP contribution < -0.4 is 5.73 Å². The number of fused-ring (bicyclic) bond motifs is 1. The Balaban J connectivity index is 2.51. The monoisotopic (exact) mass is 169 g/mol. The minimum absolute atomic E-state index is 0.582. The minimum atomic E-state index is 0.582. The van der Waals surface area contributed by atoms with E-state index in [2.05, 4.69) is 15.3 Å². The van der Waals surface area contributed by atoms with Gasteiger partial charge in [0, 0.05) is 6.42 Å². The van der Waals surface area contributed by atoms with Crippen molar-refractivity contribution in [2.24, 2.45) is 5.73 Å². The first-order valence-corrected chi connectivity index (χ1v) is 4.13. The average Bonchev–Trinajstić information content (AvgIpc) is 2.53. The van der Waals surface area contributed by atoms with Gasteiger partial charge in [0.2, 0.25) is 4.96 Å². The first-order chi connectivity index (χ1) is 5.42. The van der Waals surface area contributed by atoms with E-state index < -0.39 is 0 Å². The lowest BCUT2D eigenvalue weighted by Gasteiger charge is -1.88. The van der Waals surface area contributed by atoms with E-state index in [0.717, 1.165) is 17.2 Å². The summed E-state index contributed by atoms with van der Waals surface area (Å²) in [6, 6.07) is 0. The molecule has 2 aromatic rings. The Hall–Kier alpha value is -1.01. The van der Waals surface area contributed by atoms with Gasteiger partial charge >= 0.3 is 0 Å². The van der Waals surface area contributed by atoms with Gasteiger partial charge in [0.15, 0.2) is 5.82 Å². The molecule has 2 N–H and O–H groups in total. The van der Waals surface area contributed by atoms with Crippen LogP contribution in [0.15, 0.2) is 5.51 Å². The molecule has 0 aromatic carbocycles. The summed E-state index contributed by atoms with van der Waals surface area (Å²) in [5.41, 5.74) is 7.11. The second-order valence-electron chi connectivity index (χ2n) is 2.09. The summed E-state index contributed by atoms with van der Waals surface area (Å²) < 4.78 is 1.72. The SMILES string of the molecule is NCCc1nnc2scnn12. The molecule has 0 spiro atoms. The lowest BCUT2D eigenvalue weighted by atomic mass is 10.4. The molecule has 58 valence electrons. The summed E-state index contributed by atoms with van der Waals surface area (Å²) in [6.45, 7) is 0.582. The van der Waals surface area contributed by atoms with Gasteiger partial charge < -0.3 is 5.73 Å². The summed E-state index contributed by atoms with van der Waals surface area (Å²) in [5.74, 6) is 0.837. The highest BCUT2D eigenvalue weighted by Gasteiger charge is 2.04. The molecular formula is C5H7N5S. The number of nitrogens with zero attached hydrogens (tertiary/aromatic N) is 4. The standard InChI is InChI=1S/C5H7N5S/c6-2-1-4-8-9-5-10(4)7-3-11-5/h3H,1-2,6H2. The number of aromatic nitrogens is 4. The van der Waals surface area contributed by atoms with Crippen molar-refractivity contribution in [2.75, 3.05) is 6.54 Å². The maximum atomic E-state index is 5.37. The molecule has 0 bridgehead atoms. The Morgan fingerprint density at radius 3 is 3.27 bits per heavy atom. The van der Waals surface area contributed by atoms with Crippen molar-refractivity contribution < 1.29 is 0 Å². The zero-order chi connectivity index (χ0) is 7.68. The molecule has 0 fully saturated rings. The summed E-state index contributed by atoms with van der Waals surface area (Å²) >= 11 is 1.47. The molecule has 2 rings (SSSR count). The van der Waals surface area contributed by atoms with Gasteiger partial charge in [0.1, 0.15) is 5.51 Å². The second-order valence-corrected chi connectivity index (χ2v) is 2.90. The topological polar surface area (TPSA) is 69.1 Å². The third-order valence-corrected chi connectivity index (χ3v) is 2.03. The number of hydrogen-bond donors (Lipinski definition) is 1. The van der Waals surface area contributed by atoms with E-state index in [0.29, 0.717) is 6.54 Å². The van der Waals surface area contributed by atoms with Crippen molar-refractivity contribution in [2.45, 2.75) is 6.42 Å². The first-order valence-electron chi connectivity index (χ1n) is 3.25. The van der Waals surface area contributed by atoms with Gasteiger partial charge in [-0.1, -0.05) is 11.3 Å². The van der Waals surface area contributed by atoms with E-state index in [1.807, 2.05) is 0 Å². The minimum Gasteiger partial charge on any atom is -0.330 e. The van der Waals surface area contributed by atoms with Crippen LogP contribution in [0.25, 0.3) is 4.96 Å². The third-order valence-electron chi connectivity index (χ3n) is 1.37.